The second-order valence-electron chi connectivity index (χ2n) is 6.73. The molecule has 0 amide bonds. The van der Waals surface area contributed by atoms with E-state index in [-0.39, 0.29) is 36.0 Å². The molecule has 1 atom stereocenters. The van der Waals surface area contributed by atoms with Gasteiger partial charge in [-0.2, -0.15) is 5.10 Å². The van der Waals surface area contributed by atoms with Gasteiger partial charge in [0.25, 0.3) is 0 Å². The van der Waals surface area contributed by atoms with Crippen molar-refractivity contribution in [2.24, 2.45) is 12.0 Å². The molecule has 0 bridgehead atoms. The molecule has 9 heteroatoms. The number of aromatic nitrogens is 2. The monoisotopic (exact) mass is 507 g/mol. The smallest absolute Gasteiger partial charge is 0.305 e. The molecule has 2 heterocycles. The summed E-state index contributed by atoms with van der Waals surface area (Å²) in [5.41, 5.74) is 1.10. The lowest BCUT2D eigenvalue weighted by Crippen LogP contribution is -2.48. The van der Waals surface area contributed by atoms with Gasteiger partial charge in [-0.25, -0.2) is 0 Å². The third kappa shape index (κ3) is 8.34. The molecule has 28 heavy (non-hydrogen) atoms. The molecular formula is C19H34IN5O3. The molecule has 1 unspecified atom stereocenters. The lowest BCUT2D eigenvalue weighted by molar-refractivity contribution is -0.140. The third-order valence-electron chi connectivity index (χ3n) is 4.58. The van der Waals surface area contributed by atoms with Crippen molar-refractivity contribution in [3.63, 3.8) is 0 Å². The summed E-state index contributed by atoms with van der Waals surface area (Å²) < 4.78 is 12.4. The van der Waals surface area contributed by atoms with Gasteiger partial charge in [0.05, 0.1) is 26.5 Å². The van der Waals surface area contributed by atoms with E-state index >= 15 is 0 Å². The molecule has 1 aromatic heterocycles. The van der Waals surface area contributed by atoms with E-state index in [9.17, 15) is 4.79 Å². The number of nitrogens with zero attached hydrogens (tertiary/aromatic N) is 4. The molecule has 1 N–H and O–H groups in total. The Morgan fingerprint density at radius 1 is 1.39 bits per heavy atom. The zero-order chi connectivity index (χ0) is 19.5. The number of carbonyl (C=O) groups is 1. The number of unbranched alkanes of at least 4 members (excludes halogenated alkanes) is 3. The number of aryl methyl sites for hydroxylation is 1. The van der Waals surface area contributed by atoms with Crippen LogP contribution in [-0.2, 0) is 21.3 Å². The second-order valence-corrected chi connectivity index (χ2v) is 6.73. The Morgan fingerprint density at radius 3 is 2.86 bits per heavy atom. The van der Waals surface area contributed by atoms with Gasteiger partial charge in [-0.3, -0.25) is 14.5 Å². The van der Waals surface area contributed by atoms with Gasteiger partial charge < -0.3 is 19.7 Å². The summed E-state index contributed by atoms with van der Waals surface area (Å²) in [5.74, 6) is 0.821. The fourth-order valence-corrected chi connectivity index (χ4v) is 3.10. The summed E-state index contributed by atoms with van der Waals surface area (Å²) in [6, 6.07) is 0. The van der Waals surface area contributed by atoms with Crippen molar-refractivity contribution in [1.29, 1.82) is 0 Å². The molecule has 0 aromatic carbocycles. The summed E-state index contributed by atoms with van der Waals surface area (Å²) >= 11 is 0. The molecule has 160 valence electrons. The van der Waals surface area contributed by atoms with Crippen molar-refractivity contribution in [3.05, 3.63) is 18.0 Å². The highest BCUT2D eigenvalue weighted by atomic mass is 127. The number of morpholine rings is 1. The highest BCUT2D eigenvalue weighted by molar-refractivity contribution is 14.0. The number of ether oxygens (including phenoxy) is 2. The highest BCUT2D eigenvalue weighted by Crippen LogP contribution is 2.21. The van der Waals surface area contributed by atoms with Crippen LogP contribution >= 0.6 is 24.0 Å². The van der Waals surface area contributed by atoms with Gasteiger partial charge in [-0.05, 0) is 19.8 Å². The summed E-state index contributed by atoms with van der Waals surface area (Å²) in [7, 11) is 3.35. The van der Waals surface area contributed by atoms with Crippen molar-refractivity contribution in [1.82, 2.24) is 20.0 Å². The lowest BCUT2D eigenvalue weighted by Gasteiger charge is -2.34. The minimum Gasteiger partial charge on any atom is -0.469 e. The fourth-order valence-electron chi connectivity index (χ4n) is 3.10. The van der Waals surface area contributed by atoms with E-state index in [2.05, 4.69) is 27.0 Å². The molecule has 1 saturated heterocycles. The Hall–Kier alpha value is -1.36. The molecule has 8 nitrogen and oxygen atoms in total. The molecule has 1 aliphatic rings. The fraction of sp³-hybridized carbons (Fsp3) is 0.737. The number of carbonyl (C=O) groups excluding carboxylic acids is 1. The first-order valence-electron chi connectivity index (χ1n) is 9.84. The lowest BCUT2D eigenvalue weighted by atomic mass is 10.1. The number of aliphatic imine (C=N–C) groups is 1. The molecule has 0 aliphatic carbocycles. The number of methoxy groups -OCH3 is 1. The van der Waals surface area contributed by atoms with E-state index in [4.69, 9.17) is 9.73 Å². The van der Waals surface area contributed by atoms with Crippen LogP contribution in [0.25, 0.3) is 0 Å². The number of halogens is 1. The molecular weight excluding hydrogens is 473 g/mol. The second kappa shape index (κ2) is 13.8. The van der Waals surface area contributed by atoms with E-state index in [1.54, 1.807) is 4.68 Å². The first-order valence-corrected chi connectivity index (χ1v) is 9.84. The van der Waals surface area contributed by atoms with E-state index in [1.165, 1.54) is 7.11 Å². The van der Waals surface area contributed by atoms with Crippen molar-refractivity contribution in [2.75, 3.05) is 39.9 Å². The van der Waals surface area contributed by atoms with Crippen LogP contribution in [0.15, 0.2) is 17.4 Å². The number of nitrogens with one attached hydrogen (secondary N) is 1. The maximum Gasteiger partial charge on any atom is 0.305 e. The first kappa shape index (κ1) is 24.7. The standard InChI is InChI=1S/C19H33N5O3.HI/c1-4-20-19(21-10-8-6-5-7-9-18(25)26-3)24-11-12-27-17(15-24)16-13-22-23(2)14-16;/h13-14,17H,4-12,15H2,1-3H3,(H,20,21);1H. The molecule has 2 rings (SSSR count). The van der Waals surface area contributed by atoms with Crippen LogP contribution in [0.3, 0.4) is 0 Å². The predicted molar refractivity (Wildman–Crippen MR) is 120 cm³/mol. The van der Waals surface area contributed by atoms with Crippen LogP contribution in [0, 0.1) is 0 Å². The summed E-state index contributed by atoms with van der Waals surface area (Å²) in [6.07, 6.45) is 8.41. The highest BCUT2D eigenvalue weighted by Gasteiger charge is 2.25. The van der Waals surface area contributed by atoms with Crippen LogP contribution < -0.4 is 5.32 Å². The van der Waals surface area contributed by atoms with Gasteiger partial charge in [0.1, 0.15) is 6.10 Å². The number of guanidine groups is 1. The Kier molecular flexibility index (Phi) is 12.1. The van der Waals surface area contributed by atoms with E-state index < -0.39 is 0 Å². The minimum absolute atomic E-state index is 0. The summed E-state index contributed by atoms with van der Waals surface area (Å²) in [4.78, 5) is 18.1. The maximum absolute atomic E-state index is 11.1. The number of hydrogen-bond acceptors (Lipinski definition) is 5. The molecule has 0 saturated carbocycles. The van der Waals surface area contributed by atoms with Gasteiger partial charge >= 0.3 is 5.97 Å². The van der Waals surface area contributed by atoms with E-state index in [0.717, 1.165) is 63.4 Å². The van der Waals surface area contributed by atoms with Gasteiger partial charge in [0.2, 0.25) is 0 Å². The quantitative estimate of drug-likeness (QED) is 0.182. The summed E-state index contributed by atoms with van der Waals surface area (Å²) in [5, 5.41) is 7.64. The number of rotatable bonds is 9. The van der Waals surface area contributed by atoms with E-state index in [1.807, 2.05) is 19.4 Å². The molecule has 1 aromatic rings. The van der Waals surface area contributed by atoms with Crippen molar-refractivity contribution in [3.8, 4) is 0 Å². The minimum atomic E-state index is -0.127. The average molecular weight is 507 g/mol. The van der Waals surface area contributed by atoms with E-state index in [0.29, 0.717) is 13.0 Å². The topological polar surface area (TPSA) is 81.0 Å². The largest absolute Gasteiger partial charge is 0.469 e. The van der Waals surface area contributed by atoms with Gasteiger partial charge in [-0.1, -0.05) is 12.8 Å². The maximum atomic E-state index is 11.1. The number of hydrogen-bond donors (Lipinski definition) is 1. The SMILES string of the molecule is CCNC(=NCCCCCCC(=O)OC)N1CCOC(c2cnn(C)c2)C1.I. The van der Waals surface area contributed by atoms with Gasteiger partial charge in [0.15, 0.2) is 5.96 Å². The van der Waals surface area contributed by atoms with Crippen LogP contribution in [0.4, 0.5) is 0 Å². The van der Waals surface area contributed by atoms with Crippen LogP contribution in [0.1, 0.15) is 50.7 Å². The molecule has 1 aliphatic heterocycles. The molecule has 0 radical (unpaired) electrons. The third-order valence-corrected chi connectivity index (χ3v) is 4.58. The van der Waals surface area contributed by atoms with Crippen LogP contribution in [0.5, 0.6) is 0 Å². The molecule has 0 spiro atoms. The van der Waals surface area contributed by atoms with Gasteiger partial charge in [0, 0.05) is 44.9 Å². The summed E-state index contributed by atoms with van der Waals surface area (Å²) in [6.45, 7) is 6.00. The Morgan fingerprint density at radius 2 is 2.18 bits per heavy atom. The normalized spacial score (nSPS) is 17.2. The van der Waals surface area contributed by atoms with Crippen molar-refractivity contribution < 1.29 is 14.3 Å². The zero-order valence-corrected chi connectivity index (χ0v) is 19.6. The number of esters is 1. The molecule has 1 fully saturated rings. The first-order chi connectivity index (χ1) is 13.1. The Balaban J connectivity index is 0.00000392. The Bertz CT molecular complexity index is 608. The average Bonchev–Trinajstić information content (AvgIpc) is 3.12. The Labute approximate surface area is 185 Å². The van der Waals surface area contributed by atoms with Crippen LogP contribution in [0.2, 0.25) is 0 Å². The van der Waals surface area contributed by atoms with Crippen LogP contribution in [-0.4, -0.2) is 66.5 Å². The van der Waals surface area contributed by atoms with Gasteiger partial charge in [-0.15, -0.1) is 24.0 Å². The predicted octanol–water partition coefficient (Wildman–Crippen LogP) is 2.50. The zero-order valence-electron chi connectivity index (χ0n) is 17.2. The van der Waals surface area contributed by atoms with Crippen molar-refractivity contribution in [2.45, 2.75) is 45.1 Å². The van der Waals surface area contributed by atoms with Crippen molar-refractivity contribution >= 4 is 35.9 Å².